The number of ketones is 2. The van der Waals surface area contributed by atoms with Gasteiger partial charge in [-0.15, -0.1) is 5.10 Å². The Hall–Kier alpha value is -2.99. The standard InChI is InChI=1S/C20H32O5.C19H33N3O5.C13H28N2O4S/c1-4-16-17(21)18(22)19(23)20(25-16)24-15-11-9-14(10-12-15)8-6-5-7-13(2)3;1-12(2)8-6-4-5-7-9-14-10-20-21-22(14)11-15-16(24)17(25)18(26)19(27-15)13(3)23;1-12(2)5-8-15(10-11-20(17,18)19)9-7-14-6-4-13(3)16/h9-13,16-23H,4-8H2,1-3H3;10,12,15-19,24-26H,4-9,11H2,1-3H3;12,14H,4-11H2,1-3H3,(H,17,18,19). The number of hydrogen-bond acceptors (Lipinski definition) is 17. The van der Waals surface area contributed by atoms with Gasteiger partial charge in [-0.3, -0.25) is 14.1 Å². The van der Waals surface area contributed by atoms with Crippen LogP contribution in [0.3, 0.4) is 0 Å². The second-order valence-corrected chi connectivity index (χ2v) is 22.3. The van der Waals surface area contributed by atoms with Crippen molar-refractivity contribution in [1.29, 1.82) is 0 Å². The second-order valence-electron chi connectivity index (χ2n) is 20.8. The first-order valence-electron chi connectivity index (χ1n) is 26.3. The van der Waals surface area contributed by atoms with E-state index in [1.54, 1.807) is 17.8 Å². The Morgan fingerprint density at radius 3 is 1.89 bits per heavy atom. The molecule has 0 radical (unpaired) electrons. The first-order chi connectivity index (χ1) is 33.9. The molecule has 8 N–H and O–H groups in total. The zero-order valence-corrected chi connectivity index (χ0v) is 45.5. The van der Waals surface area contributed by atoms with E-state index in [-0.39, 0.29) is 18.1 Å². The van der Waals surface area contributed by atoms with Gasteiger partial charge in [-0.05, 0) is 94.4 Å². The van der Waals surface area contributed by atoms with Crippen LogP contribution in [-0.4, -0.2) is 175 Å². The number of carbonyl (C=O) groups excluding carboxylic acids is 2. The lowest BCUT2D eigenvalue weighted by Gasteiger charge is -2.40. The first-order valence-corrected chi connectivity index (χ1v) is 27.9. The van der Waals surface area contributed by atoms with Gasteiger partial charge in [0, 0.05) is 32.6 Å². The van der Waals surface area contributed by atoms with E-state index in [9.17, 15) is 48.6 Å². The van der Waals surface area contributed by atoms with Gasteiger partial charge in [0.05, 0.1) is 30.3 Å². The molecule has 10 unspecified atom stereocenters. The number of ether oxygens (including phenoxy) is 3. The molecule has 1 aromatic carbocycles. The molecule has 0 amide bonds. The van der Waals surface area contributed by atoms with Crippen molar-refractivity contribution in [2.75, 3.05) is 38.5 Å². The summed E-state index contributed by atoms with van der Waals surface area (Å²) in [6, 6.07) is 7.74. The molecule has 2 aromatic rings. The number of rotatable bonds is 30. The largest absolute Gasteiger partial charge is 0.462 e. The van der Waals surface area contributed by atoms with Crippen LogP contribution in [0.25, 0.3) is 0 Å². The maximum absolute atomic E-state index is 11.6. The van der Waals surface area contributed by atoms with Crippen LogP contribution < -0.4 is 10.1 Å². The molecule has 2 saturated heterocycles. The Morgan fingerprint density at radius 2 is 1.31 bits per heavy atom. The number of hydrogen-bond donors (Lipinski definition) is 8. The minimum atomic E-state index is -3.91. The molecule has 416 valence electrons. The average molecular weight is 1040 g/mol. The highest BCUT2D eigenvalue weighted by atomic mass is 32.2. The maximum Gasteiger partial charge on any atom is 0.266 e. The number of unbranched alkanes of at least 4 members (excludes halogenated alkanes) is 4. The van der Waals surface area contributed by atoms with Crippen LogP contribution in [0.2, 0.25) is 0 Å². The molecule has 20 heteroatoms. The van der Waals surface area contributed by atoms with Crippen LogP contribution in [0.4, 0.5) is 0 Å². The number of Topliss-reactive ketones (excluding diaryl/α,β-unsaturated/α-hetero) is 2. The summed E-state index contributed by atoms with van der Waals surface area (Å²) < 4.78 is 48.9. The van der Waals surface area contributed by atoms with Crippen molar-refractivity contribution in [2.45, 2.75) is 214 Å². The van der Waals surface area contributed by atoms with E-state index in [1.807, 2.05) is 36.1 Å². The molecule has 1 aromatic heterocycles. The number of nitrogens with one attached hydrogen (secondary N) is 1. The van der Waals surface area contributed by atoms with Crippen molar-refractivity contribution in [3.8, 4) is 5.75 Å². The van der Waals surface area contributed by atoms with Crippen LogP contribution in [0.1, 0.15) is 144 Å². The molecule has 3 heterocycles. The zero-order valence-electron chi connectivity index (χ0n) is 44.7. The van der Waals surface area contributed by atoms with E-state index in [4.69, 9.17) is 18.8 Å². The van der Waals surface area contributed by atoms with Gasteiger partial charge in [0.1, 0.15) is 60.4 Å². The van der Waals surface area contributed by atoms with Crippen LogP contribution in [0.5, 0.6) is 5.75 Å². The third-order valence-corrected chi connectivity index (χ3v) is 13.5. The molecule has 10 atom stereocenters. The predicted molar refractivity (Wildman–Crippen MR) is 276 cm³/mol. The van der Waals surface area contributed by atoms with Gasteiger partial charge < -0.3 is 55.1 Å². The average Bonchev–Trinajstić information content (AvgIpc) is 3.76. The van der Waals surface area contributed by atoms with Gasteiger partial charge in [-0.25, -0.2) is 4.68 Å². The fourth-order valence-electron chi connectivity index (χ4n) is 8.20. The summed E-state index contributed by atoms with van der Waals surface area (Å²) in [5, 5.41) is 71.2. The lowest BCUT2D eigenvalue weighted by Crippen LogP contribution is -2.60. The lowest BCUT2D eigenvalue weighted by molar-refractivity contribution is -0.272. The Bertz CT molecular complexity index is 1890. The normalized spacial score (nSPS) is 24.5. The van der Waals surface area contributed by atoms with Crippen LogP contribution >= 0.6 is 0 Å². The van der Waals surface area contributed by atoms with Crippen molar-refractivity contribution in [2.24, 2.45) is 17.8 Å². The van der Waals surface area contributed by atoms with Crippen molar-refractivity contribution < 1.29 is 67.4 Å². The van der Waals surface area contributed by atoms with Crippen molar-refractivity contribution in [1.82, 2.24) is 25.2 Å². The molecule has 0 saturated carbocycles. The van der Waals surface area contributed by atoms with Gasteiger partial charge in [0.25, 0.3) is 10.1 Å². The molecular weight excluding hydrogens is 951 g/mol. The van der Waals surface area contributed by atoms with Crippen molar-refractivity contribution >= 4 is 21.7 Å². The Morgan fingerprint density at radius 1 is 0.722 bits per heavy atom. The van der Waals surface area contributed by atoms with Crippen LogP contribution in [-0.2, 0) is 48.6 Å². The third kappa shape index (κ3) is 26.0. The zero-order chi connectivity index (χ0) is 54.0. The predicted octanol–water partition coefficient (Wildman–Crippen LogP) is 4.31. The molecule has 2 fully saturated rings. The summed E-state index contributed by atoms with van der Waals surface area (Å²) in [6.45, 7) is 21.2. The van der Waals surface area contributed by atoms with E-state index in [2.05, 4.69) is 57.2 Å². The number of aryl methyl sites for hydroxylation is 2. The van der Waals surface area contributed by atoms with E-state index in [0.717, 1.165) is 56.2 Å². The van der Waals surface area contributed by atoms with Gasteiger partial charge in [0.2, 0.25) is 6.29 Å². The van der Waals surface area contributed by atoms with E-state index >= 15 is 0 Å². The fourth-order valence-corrected chi connectivity index (χ4v) is 8.68. The highest BCUT2D eigenvalue weighted by Gasteiger charge is 2.46. The minimum absolute atomic E-state index is 0.153. The third-order valence-electron chi connectivity index (χ3n) is 12.8. The quantitative estimate of drug-likeness (QED) is 0.0400. The highest BCUT2D eigenvalue weighted by molar-refractivity contribution is 7.85. The fraction of sp³-hybridized carbons (Fsp3) is 0.808. The number of aliphatic hydroxyl groups is 6. The smallest absolute Gasteiger partial charge is 0.266 e. The van der Waals surface area contributed by atoms with Crippen molar-refractivity contribution in [3.05, 3.63) is 41.7 Å². The summed E-state index contributed by atoms with van der Waals surface area (Å²) in [6.07, 6.45) is 3.72. The molecule has 2 aliphatic heterocycles. The summed E-state index contributed by atoms with van der Waals surface area (Å²) in [5.74, 6) is 2.14. The summed E-state index contributed by atoms with van der Waals surface area (Å²) in [7, 11) is -3.91. The molecule has 72 heavy (non-hydrogen) atoms. The molecule has 0 bridgehead atoms. The maximum atomic E-state index is 11.6. The molecule has 19 nitrogen and oxygen atoms in total. The van der Waals surface area contributed by atoms with E-state index < -0.39 is 77.1 Å². The summed E-state index contributed by atoms with van der Waals surface area (Å²) >= 11 is 0. The second kappa shape index (κ2) is 34.6. The molecule has 0 spiro atoms. The van der Waals surface area contributed by atoms with Gasteiger partial charge in [-0.2, -0.15) is 8.42 Å². The molecule has 0 aliphatic carbocycles. The first kappa shape index (κ1) is 65.1. The van der Waals surface area contributed by atoms with E-state index in [1.165, 1.54) is 51.0 Å². The lowest BCUT2D eigenvalue weighted by atomic mass is 9.93. The number of benzene rings is 1. The summed E-state index contributed by atoms with van der Waals surface area (Å²) in [4.78, 5) is 24.4. The minimum Gasteiger partial charge on any atom is -0.462 e. The monoisotopic (exact) mass is 1040 g/mol. The summed E-state index contributed by atoms with van der Waals surface area (Å²) in [5.41, 5.74) is 2.18. The van der Waals surface area contributed by atoms with Crippen LogP contribution in [0.15, 0.2) is 30.5 Å². The molecular formula is C52H93N5O14S. The number of aromatic nitrogens is 3. The highest BCUT2D eigenvalue weighted by Crippen LogP contribution is 2.27. The Labute approximate surface area is 430 Å². The van der Waals surface area contributed by atoms with Crippen LogP contribution in [0, 0.1) is 17.8 Å². The molecule has 2 aliphatic rings. The van der Waals surface area contributed by atoms with Gasteiger partial charge in [-0.1, -0.05) is 104 Å². The van der Waals surface area contributed by atoms with Gasteiger partial charge >= 0.3 is 0 Å². The number of nitrogens with zero attached hydrogens (tertiary/aromatic N) is 4. The SMILES string of the molecule is CC(=O)C1OC(Cn2nncc2CCCCCCC(C)C)C(O)C(O)C1O.CC(=O)CCNCCN(CCC(C)C)CCS(=O)(=O)O.CCC1OC(Oc2ccc(CCCCC(C)C)cc2)C(O)C(O)C1O. The Balaban J connectivity index is 0.000000375. The van der Waals surface area contributed by atoms with E-state index in [0.29, 0.717) is 50.7 Å². The molecule has 4 rings (SSSR count). The van der Waals surface area contributed by atoms with Gasteiger partial charge in [0.15, 0.2) is 5.78 Å². The number of carbonyl (C=O) groups is 2. The number of aliphatic hydroxyl groups excluding tert-OH is 6. The van der Waals surface area contributed by atoms with Crippen molar-refractivity contribution in [3.63, 3.8) is 0 Å². The Kier molecular flexibility index (Phi) is 31.3. The topological polar surface area (TPSA) is 284 Å².